The molecule has 2 nitrogen and oxygen atoms in total. The number of hydrogen-bond acceptors (Lipinski definition) is 1. The van der Waals surface area contributed by atoms with Crippen molar-refractivity contribution in [2.75, 3.05) is 7.11 Å². The topological polar surface area (TPSA) is 13.6 Å². The van der Waals surface area contributed by atoms with Crippen LogP contribution in [0.3, 0.4) is 0 Å². The van der Waals surface area contributed by atoms with Crippen molar-refractivity contribution in [2.45, 2.75) is 0 Å². The van der Waals surface area contributed by atoms with Gasteiger partial charge in [-0.05, 0) is 6.07 Å². The Bertz CT molecular complexity index is 336. The standard InChI is InChI=1S/C10H9NO/c1-4-8-5-6-9(11-2)7-10(8)12-3/h4-7H,1H2,3H3. The Kier molecular flexibility index (Phi) is 2.49. The van der Waals surface area contributed by atoms with Crippen LogP contribution in [0.15, 0.2) is 24.8 Å². The zero-order valence-electron chi connectivity index (χ0n) is 6.87. The fourth-order valence-corrected chi connectivity index (χ4v) is 0.938. The van der Waals surface area contributed by atoms with Crippen LogP contribution in [0.5, 0.6) is 5.75 Å². The molecule has 0 heterocycles. The highest BCUT2D eigenvalue weighted by Gasteiger charge is 1.99. The summed E-state index contributed by atoms with van der Waals surface area (Å²) in [5, 5.41) is 0. The number of benzene rings is 1. The van der Waals surface area contributed by atoms with E-state index in [0.717, 1.165) is 5.56 Å². The number of nitrogens with zero attached hydrogens (tertiary/aromatic N) is 1. The highest BCUT2D eigenvalue weighted by atomic mass is 16.5. The summed E-state index contributed by atoms with van der Waals surface area (Å²) in [6.07, 6.45) is 1.70. The lowest BCUT2D eigenvalue weighted by molar-refractivity contribution is 0.414. The summed E-state index contributed by atoms with van der Waals surface area (Å²) in [6, 6.07) is 5.26. The summed E-state index contributed by atoms with van der Waals surface area (Å²) >= 11 is 0. The Morgan fingerprint density at radius 1 is 1.58 bits per heavy atom. The Balaban J connectivity index is 3.21. The first-order valence-corrected chi connectivity index (χ1v) is 3.49. The van der Waals surface area contributed by atoms with E-state index in [0.29, 0.717) is 11.4 Å². The molecule has 0 N–H and O–H groups in total. The maximum absolute atomic E-state index is 6.79. The predicted octanol–water partition coefficient (Wildman–Crippen LogP) is 2.89. The van der Waals surface area contributed by atoms with Crippen LogP contribution in [0.2, 0.25) is 0 Å². The minimum atomic E-state index is 0.581. The van der Waals surface area contributed by atoms with Crippen LogP contribution in [0.4, 0.5) is 5.69 Å². The maximum atomic E-state index is 6.79. The Hall–Kier alpha value is -1.75. The molecule has 0 saturated carbocycles. The van der Waals surface area contributed by atoms with E-state index in [1.165, 1.54) is 0 Å². The number of methoxy groups -OCH3 is 1. The third kappa shape index (κ3) is 1.46. The van der Waals surface area contributed by atoms with Crippen molar-refractivity contribution >= 4 is 11.8 Å². The van der Waals surface area contributed by atoms with E-state index in [1.54, 1.807) is 25.3 Å². The van der Waals surface area contributed by atoms with Gasteiger partial charge in [-0.15, -0.1) is 0 Å². The molecule has 0 aliphatic carbocycles. The fourth-order valence-electron chi connectivity index (χ4n) is 0.938. The third-order valence-corrected chi connectivity index (χ3v) is 1.57. The lowest BCUT2D eigenvalue weighted by Gasteiger charge is -2.03. The number of rotatable bonds is 2. The second kappa shape index (κ2) is 3.59. The van der Waals surface area contributed by atoms with Gasteiger partial charge >= 0.3 is 0 Å². The summed E-state index contributed by atoms with van der Waals surface area (Å²) in [4.78, 5) is 3.29. The Morgan fingerprint density at radius 3 is 2.83 bits per heavy atom. The first-order valence-electron chi connectivity index (χ1n) is 3.49. The normalized spacial score (nSPS) is 8.67. The second-order valence-corrected chi connectivity index (χ2v) is 2.24. The van der Waals surface area contributed by atoms with Crippen LogP contribution in [-0.4, -0.2) is 7.11 Å². The highest BCUT2D eigenvalue weighted by molar-refractivity contribution is 5.62. The molecule has 0 radical (unpaired) electrons. The van der Waals surface area contributed by atoms with Gasteiger partial charge in [0.1, 0.15) is 5.75 Å². The third-order valence-electron chi connectivity index (χ3n) is 1.57. The first kappa shape index (κ1) is 8.35. The molecule has 0 amide bonds. The average molecular weight is 159 g/mol. The zero-order chi connectivity index (χ0) is 8.97. The molecule has 0 unspecified atom stereocenters. The van der Waals surface area contributed by atoms with E-state index >= 15 is 0 Å². The molecule has 0 saturated heterocycles. The van der Waals surface area contributed by atoms with E-state index in [-0.39, 0.29) is 0 Å². The maximum Gasteiger partial charge on any atom is 0.190 e. The molecule has 0 fully saturated rings. The van der Waals surface area contributed by atoms with Gasteiger partial charge in [0.2, 0.25) is 0 Å². The van der Waals surface area contributed by atoms with Crippen LogP contribution >= 0.6 is 0 Å². The quantitative estimate of drug-likeness (QED) is 0.605. The lowest BCUT2D eigenvalue weighted by atomic mass is 10.2. The van der Waals surface area contributed by atoms with Gasteiger partial charge in [-0.3, -0.25) is 0 Å². The minimum absolute atomic E-state index is 0.581. The van der Waals surface area contributed by atoms with Crippen LogP contribution < -0.4 is 4.74 Å². The summed E-state index contributed by atoms with van der Waals surface area (Å²) in [5.74, 6) is 0.693. The molecular weight excluding hydrogens is 150 g/mol. The molecule has 0 aromatic heterocycles. The van der Waals surface area contributed by atoms with Crippen molar-refractivity contribution in [1.82, 2.24) is 0 Å². The van der Waals surface area contributed by atoms with Crippen LogP contribution in [0.1, 0.15) is 5.56 Å². The molecule has 60 valence electrons. The molecule has 0 aliphatic rings. The van der Waals surface area contributed by atoms with Crippen molar-refractivity contribution < 1.29 is 4.74 Å². The SMILES string of the molecule is [C-]#[N+]c1ccc(C=C)c(OC)c1. The summed E-state index contributed by atoms with van der Waals surface area (Å²) in [5.41, 5.74) is 1.49. The minimum Gasteiger partial charge on any atom is -0.497 e. The summed E-state index contributed by atoms with van der Waals surface area (Å²) in [7, 11) is 1.58. The van der Waals surface area contributed by atoms with Crippen molar-refractivity contribution in [3.8, 4) is 5.75 Å². The fraction of sp³-hybridized carbons (Fsp3) is 0.100. The molecule has 1 aromatic carbocycles. The molecular formula is C10H9NO. The van der Waals surface area contributed by atoms with E-state index in [2.05, 4.69) is 11.4 Å². The van der Waals surface area contributed by atoms with Crippen LogP contribution in [-0.2, 0) is 0 Å². The average Bonchev–Trinajstić information content (AvgIpc) is 2.16. The molecule has 2 heteroatoms. The van der Waals surface area contributed by atoms with Gasteiger partial charge in [-0.2, -0.15) is 0 Å². The molecule has 1 rings (SSSR count). The number of ether oxygens (including phenoxy) is 1. The molecule has 0 aliphatic heterocycles. The van der Waals surface area contributed by atoms with Gasteiger partial charge < -0.3 is 4.74 Å². The monoisotopic (exact) mass is 159 g/mol. The van der Waals surface area contributed by atoms with Crippen molar-refractivity contribution in [3.63, 3.8) is 0 Å². The van der Waals surface area contributed by atoms with E-state index in [1.807, 2.05) is 6.07 Å². The van der Waals surface area contributed by atoms with Gasteiger partial charge in [0.25, 0.3) is 0 Å². The molecule has 12 heavy (non-hydrogen) atoms. The van der Waals surface area contributed by atoms with Crippen LogP contribution in [0.25, 0.3) is 10.9 Å². The smallest absolute Gasteiger partial charge is 0.190 e. The van der Waals surface area contributed by atoms with E-state index < -0.39 is 0 Å². The first-order chi connectivity index (χ1) is 5.81. The molecule has 1 aromatic rings. The predicted molar refractivity (Wildman–Crippen MR) is 49.3 cm³/mol. The van der Waals surface area contributed by atoms with Gasteiger partial charge in [0, 0.05) is 5.56 Å². The van der Waals surface area contributed by atoms with Crippen LogP contribution in [0, 0.1) is 6.57 Å². The summed E-state index contributed by atoms with van der Waals surface area (Å²) < 4.78 is 5.06. The van der Waals surface area contributed by atoms with E-state index in [4.69, 9.17) is 11.3 Å². The van der Waals surface area contributed by atoms with Crippen molar-refractivity contribution in [1.29, 1.82) is 0 Å². The lowest BCUT2D eigenvalue weighted by Crippen LogP contribution is -1.85. The van der Waals surface area contributed by atoms with E-state index in [9.17, 15) is 0 Å². The molecule has 0 atom stereocenters. The molecule has 0 bridgehead atoms. The second-order valence-electron chi connectivity index (χ2n) is 2.24. The number of hydrogen-bond donors (Lipinski definition) is 0. The Labute approximate surface area is 71.9 Å². The highest BCUT2D eigenvalue weighted by Crippen LogP contribution is 2.25. The van der Waals surface area contributed by atoms with Gasteiger partial charge in [0.05, 0.1) is 13.7 Å². The largest absolute Gasteiger partial charge is 0.497 e. The zero-order valence-corrected chi connectivity index (χ0v) is 6.87. The molecule has 0 spiro atoms. The van der Waals surface area contributed by atoms with Gasteiger partial charge in [-0.1, -0.05) is 24.8 Å². The summed E-state index contributed by atoms with van der Waals surface area (Å²) in [6.45, 7) is 10.4. The van der Waals surface area contributed by atoms with Crippen molar-refractivity contribution in [3.05, 3.63) is 41.8 Å². The van der Waals surface area contributed by atoms with Gasteiger partial charge in [0.15, 0.2) is 5.69 Å². The van der Waals surface area contributed by atoms with Crippen molar-refractivity contribution in [2.24, 2.45) is 0 Å². The Morgan fingerprint density at radius 2 is 2.33 bits per heavy atom. The van der Waals surface area contributed by atoms with Gasteiger partial charge in [-0.25, -0.2) is 4.85 Å².